The quantitative estimate of drug-likeness (QED) is 0.720. The Balaban J connectivity index is 2.47. The van der Waals surface area contributed by atoms with E-state index in [1.54, 1.807) is 0 Å². The molecule has 2 heteroatoms. The van der Waals surface area contributed by atoms with Crippen molar-refractivity contribution in [3.8, 4) is 0 Å². The summed E-state index contributed by atoms with van der Waals surface area (Å²) in [5.74, 6) is 0. The zero-order chi connectivity index (χ0) is 9.47. The van der Waals surface area contributed by atoms with Gasteiger partial charge in [0.05, 0.1) is 12.2 Å². The average Bonchev–Trinajstić information content (AvgIpc) is 2.85. The number of rotatable bonds is 2. The standard InChI is InChI=1S/C11H14O2/c1-8-2-3-9(7-12)10(6-8)11(13)4-5-11/h2-3,6,12-13H,4-5,7H2,1H3. The lowest BCUT2D eigenvalue weighted by Crippen LogP contribution is -2.08. The second-order valence-electron chi connectivity index (χ2n) is 3.85. The Kier molecular flexibility index (Phi) is 1.90. The highest BCUT2D eigenvalue weighted by molar-refractivity contribution is 5.38. The lowest BCUT2D eigenvalue weighted by atomic mass is 9.99. The third-order valence-electron chi connectivity index (χ3n) is 2.66. The van der Waals surface area contributed by atoms with Gasteiger partial charge in [0.25, 0.3) is 0 Å². The molecule has 1 aromatic rings. The minimum atomic E-state index is -0.635. The van der Waals surface area contributed by atoms with Gasteiger partial charge in [-0.1, -0.05) is 23.8 Å². The van der Waals surface area contributed by atoms with Crippen LogP contribution in [0.4, 0.5) is 0 Å². The molecule has 0 atom stereocenters. The topological polar surface area (TPSA) is 40.5 Å². The van der Waals surface area contributed by atoms with Crippen LogP contribution >= 0.6 is 0 Å². The van der Waals surface area contributed by atoms with E-state index in [0.29, 0.717) is 0 Å². The molecule has 1 aliphatic rings. The van der Waals surface area contributed by atoms with Crippen LogP contribution in [-0.2, 0) is 12.2 Å². The Bertz CT molecular complexity index is 327. The summed E-state index contributed by atoms with van der Waals surface area (Å²) in [4.78, 5) is 0. The highest BCUT2D eigenvalue weighted by atomic mass is 16.3. The molecule has 0 bridgehead atoms. The highest BCUT2D eigenvalue weighted by Crippen LogP contribution is 2.46. The van der Waals surface area contributed by atoms with E-state index in [0.717, 1.165) is 29.5 Å². The Morgan fingerprint density at radius 3 is 2.62 bits per heavy atom. The molecule has 0 aliphatic heterocycles. The zero-order valence-corrected chi connectivity index (χ0v) is 7.75. The van der Waals surface area contributed by atoms with Gasteiger partial charge in [0, 0.05) is 0 Å². The first-order valence-corrected chi connectivity index (χ1v) is 4.59. The number of aryl methyl sites for hydroxylation is 1. The van der Waals surface area contributed by atoms with Crippen LogP contribution in [0.25, 0.3) is 0 Å². The Morgan fingerprint density at radius 2 is 2.08 bits per heavy atom. The lowest BCUT2D eigenvalue weighted by molar-refractivity contribution is 0.147. The van der Waals surface area contributed by atoms with E-state index in [9.17, 15) is 5.11 Å². The van der Waals surface area contributed by atoms with Crippen molar-refractivity contribution >= 4 is 0 Å². The van der Waals surface area contributed by atoms with Gasteiger partial charge < -0.3 is 10.2 Å². The third kappa shape index (κ3) is 1.47. The maximum Gasteiger partial charge on any atom is 0.0902 e. The predicted molar refractivity (Wildman–Crippen MR) is 50.2 cm³/mol. The molecule has 0 aromatic heterocycles. The Labute approximate surface area is 77.8 Å². The molecule has 0 radical (unpaired) electrons. The summed E-state index contributed by atoms with van der Waals surface area (Å²) in [5, 5.41) is 19.0. The van der Waals surface area contributed by atoms with Gasteiger partial charge in [0.15, 0.2) is 0 Å². The van der Waals surface area contributed by atoms with E-state index in [2.05, 4.69) is 0 Å². The van der Waals surface area contributed by atoms with Gasteiger partial charge in [-0.25, -0.2) is 0 Å². The van der Waals surface area contributed by atoms with Gasteiger partial charge in [0.2, 0.25) is 0 Å². The fourth-order valence-electron chi connectivity index (χ4n) is 1.65. The highest BCUT2D eigenvalue weighted by Gasteiger charge is 2.43. The molecule has 0 unspecified atom stereocenters. The second kappa shape index (κ2) is 2.82. The molecule has 2 N–H and O–H groups in total. The summed E-state index contributed by atoms with van der Waals surface area (Å²) in [7, 11) is 0. The van der Waals surface area contributed by atoms with Crippen molar-refractivity contribution in [3.05, 3.63) is 34.9 Å². The summed E-state index contributed by atoms with van der Waals surface area (Å²) in [6, 6.07) is 5.82. The molecule has 0 spiro atoms. The monoisotopic (exact) mass is 178 g/mol. The number of hydrogen-bond donors (Lipinski definition) is 2. The van der Waals surface area contributed by atoms with Crippen LogP contribution in [0.3, 0.4) is 0 Å². The van der Waals surface area contributed by atoms with Gasteiger partial charge >= 0.3 is 0 Å². The number of hydrogen-bond acceptors (Lipinski definition) is 2. The molecule has 1 saturated carbocycles. The molecule has 0 amide bonds. The fraction of sp³-hybridized carbons (Fsp3) is 0.455. The molecule has 0 heterocycles. The molecule has 2 nitrogen and oxygen atoms in total. The van der Waals surface area contributed by atoms with Crippen LogP contribution in [0.1, 0.15) is 29.5 Å². The number of aliphatic hydroxyl groups excluding tert-OH is 1. The summed E-state index contributed by atoms with van der Waals surface area (Å²) < 4.78 is 0. The summed E-state index contributed by atoms with van der Waals surface area (Å²) in [5.41, 5.74) is 2.26. The lowest BCUT2D eigenvalue weighted by Gasteiger charge is -2.13. The molecular weight excluding hydrogens is 164 g/mol. The van der Waals surface area contributed by atoms with Gasteiger partial charge in [-0.05, 0) is 30.9 Å². The van der Waals surface area contributed by atoms with Crippen LogP contribution < -0.4 is 0 Å². The van der Waals surface area contributed by atoms with Crippen molar-refractivity contribution in [1.29, 1.82) is 0 Å². The molecule has 2 rings (SSSR count). The minimum absolute atomic E-state index is 0.0118. The summed E-state index contributed by atoms with van der Waals surface area (Å²) in [6.07, 6.45) is 1.65. The zero-order valence-electron chi connectivity index (χ0n) is 7.75. The SMILES string of the molecule is Cc1ccc(CO)c(C2(O)CC2)c1. The van der Waals surface area contributed by atoms with Gasteiger partial charge in [0.1, 0.15) is 0 Å². The summed E-state index contributed by atoms with van der Waals surface area (Å²) in [6.45, 7) is 2.01. The molecule has 13 heavy (non-hydrogen) atoms. The molecule has 1 aliphatic carbocycles. The predicted octanol–water partition coefficient (Wildman–Crippen LogP) is 1.47. The maximum absolute atomic E-state index is 9.93. The van der Waals surface area contributed by atoms with Crippen LogP contribution in [0.5, 0.6) is 0 Å². The van der Waals surface area contributed by atoms with Crippen molar-refractivity contribution in [2.24, 2.45) is 0 Å². The fourth-order valence-corrected chi connectivity index (χ4v) is 1.65. The second-order valence-corrected chi connectivity index (χ2v) is 3.85. The molecule has 70 valence electrons. The first kappa shape index (κ1) is 8.73. The van der Waals surface area contributed by atoms with Crippen LogP contribution in [0.15, 0.2) is 18.2 Å². The van der Waals surface area contributed by atoms with E-state index in [4.69, 9.17) is 5.11 Å². The summed E-state index contributed by atoms with van der Waals surface area (Å²) >= 11 is 0. The van der Waals surface area contributed by atoms with Gasteiger partial charge in [-0.15, -0.1) is 0 Å². The van der Waals surface area contributed by atoms with E-state index in [1.165, 1.54) is 0 Å². The minimum Gasteiger partial charge on any atom is -0.392 e. The molecule has 0 saturated heterocycles. The third-order valence-corrected chi connectivity index (χ3v) is 2.66. The first-order valence-electron chi connectivity index (χ1n) is 4.59. The average molecular weight is 178 g/mol. The first-order chi connectivity index (χ1) is 6.15. The Morgan fingerprint density at radius 1 is 1.38 bits per heavy atom. The maximum atomic E-state index is 9.93. The van der Waals surface area contributed by atoms with Crippen LogP contribution in [0.2, 0.25) is 0 Å². The van der Waals surface area contributed by atoms with Crippen molar-refractivity contribution < 1.29 is 10.2 Å². The Hall–Kier alpha value is -0.860. The molecular formula is C11H14O2. The van der Waals surface area contributed by atoms with Gasteiger partial charge in [-0.3, -0.25) is 0 Å². The number of aliphatic hydroxyl groups is 2. The number of benzene rings is 1. The van der Waals surface area contributed by atoms with Crippen LogP contribution in [-0.4, -0.2) is 10.2 Å². The van der Waals surface area contributed by atoms with Crippen molar-refractivity contribution in [1.82, 2.24) is 0 Å². The van der Waals surface area contributed by atoms with Gasteiger partial charge in [-0.2, -0.15) is 0 Å². The van der Waals surface area contributed by atoms with Crippen molar-refractivity contribution in [3.63, 3.8) is 0 Å². The smallest absolute Gasteiger partial charge is 0.0902 e. The normalized spacial score (nSPS) is 18.7. The van der Waals surface area contributed by atoms with E-state index in [1.807, 2.05) is 25.1 Å². The molecule has 1 aromatic carbocycles. The molecule has 1 fully saturated rings. The van der Waals surface area contributed by atoms with Crippen molar-refractivity contribution in [2.45, 2.75) is 32.0 Å². The van der Waals surface area contributed by atoms with Crippen molar-refractivity contribution in [2.75, 3.05) is 0 Å². The van der Waals surface area contributed by atoms with E-state index < -0.39 is 5.60 Å². The van der Waals surface area contributed by atoms with E-state index >= 15 is 0 Å². The van der Waals surface area contributed by atoms with Crippen LogP contribution in [0, 0.1) is 6.92 Å². The largest absolute Gasteiger partial charge is 0.392 e. The van der Waals surface area contributed by atoms with E-state index in [-0.39, 0.29) is 6.61 Å².